The fourth-order valence-electron chi connectivity index (χ4n) is 0.881. The molecule has 0 spiro atoms. The molecule has 1 atom stereocenters. The van der Waals surface area contributed by atoms with E-state index >= 15 is 0 Å². The van der Waals surface area contributed by atoms with E-state index in [9.17, 15) is 0 Å². The summed E-state index contributed by atoms with van der Waals surface area (Å²) >= 11 is 2.38. The summed E-state index contributed by atoms with van der Waals surface area (Å²) < 4.78 is 2.35. The van der Waals surface area contributed by atoms with Crippen LogP contribution >= 0.6 is 22.9 Å². The molecule has 0 radical (unpaired) electrons. The first kappa shape index (κ1) is 9.69. The van der Waals surface area contributed by atoms with Crippen molar-refractivity contribution in [1.82, 2.24) is 3.11 Å². The molecule has 1 aliphatic heterocycles. The van der Waals surface area contributed by atoms with Crippen molar-refractivity contribution in [3.63, 3.8) is 0 Å². The molecule has 1 aliphatic rings. The smallest absolute Gasteiger partial charge is 0.0201 e. The zero-order chi connectivity index (χ0) is 7.28. The lowest BCUT2D eigenvalue weighted by molar-refractivity contribution is 0.584. The van der Waals surface area contributed by atoms with Crippen LogP contribution in [0.4, 0.5) is 0 Å². The summed E-state index contributed by atoms with van der Waals surface area (Å²) in [6, 6.07) is 0. The van der Waals surface area contributed by atoms with Gasteiger partial charge in [-0.25, -0.2) is 3.11 Å². The molecule has 2 heteroatoms. The van der Waals surface area contributed by atoms with Gasteiger partial charge in [-0.3, -0.25) is 0 Å². The van der Waals surface area contributed by atoms with Crippen LogP contribution in [-0.2, 0) is 0 Å². The van der Waals surface area contributed by atoms with Crippen LogP contribution in [0.1, 0.15) is 27.2 Å². The Kier molecular flexibility index (Phi) is 5.89. The lowest BCUT2D eigenvalue weighted by atomic mass is 10.2. The monoisotopic (exact) mass is 241 g/mol. The van der Waals surface area contributed by atoms with E-state index in [0.29, 0.717) is 0 Å². The molecule has 0 amide bonds. The van der Waals surface area contributed by atoms with Gasteiger partial charge in [0, 0.05) is 36.0 Å². The van der Waals surface area contributed by atoms with Crippen LogP contribution < -0.4 is 0 Å². The van der Waals surface area contributed by atoms with Crippen LogP contribution in [0.3, 0.4) is 0 Å². The average molecular weight is 241 g/mol. The van der Waals surface area contributed by atoms with Crippen molar-refractivity contribution >= 4 is 22.9 Å². The highest BCUT2D eigenvalue weighted by Crippen LogP contribution is 2.17. The van der Waals surface area contributed by atoms with Crippen molar-refractivity contribution < 1.29 is 0 Å². The van der Waals surface area contributed by atoms with Crippen molar-refractivity contribution in [2.24, 2.45) is 5.92 Å². The normalized spacial score (nSPS) is 27.3. The first-order chi connectivity index (χ1) is 4.29. The van der Waals surface area contributed by atoms with Crippen molar-refractivity contribution in [3.05, 3.63) is 0 Å². The van der Waals surface area contributed by atoms with Gasteiger partial charge in [-0.1, -0.05) is 20.8 Å². The molecule has 1 heterocycles. The van der Waals surface area contributed by atoms with Gasteiger partial charge in [0.1, 0.15) is 0 Å². The quantitative estimate of drug-likeness (QED) is 0.465. The molecule has 0 saturated carbocycles. The van der Waals surface area contributed by atoms with Crippen molar-refractivity contribution in [2.75, 3.05) is 13.1 Å². The fraction of sp³-hybridized carbons (Fsp3) is 1.00. The maximum absolute atomic E-state index is 2.38. The van der Waals surface area contributed by atoms with E-state index in [4.69, 9.17) is 0 Å². The van der Waals surface area contributed by atoms with Crippen LogP contribution in [0.25, 0.3) is 0 Å². The number of halogens is 1. The lowest BCUT2D eigenvalue weighted by Crippen LogP contribution is -2.04. The van der Waals surface area contributed by atoms with Gasteiger partial charge in [-0.2, -0.15) is 0 Å². The zero-order valence-corrected chi connectivity index (χ0v) is 8.68. The first-order valence-corrected chi connectivity index (χ1v) is 4.66. The third kappa shape index (κ3) is 4.14. The summed E-state index contributed by atoms with van der Waals surface area (Å²) in [7, 11) is 0. The third-order valence-corrected chi connectivity index (χ3v) is 2.25. The molecular weight excluding hydrogens is 225 g/mol. The van der Waals surface area contributed by atoms with Gasteiger partial charge in [0.2, 0.25) is 0 Å². The van der Waals surface area contributed by atoms with E-state index in [2.05, 4.69) is 32.9 Å². The molecule has 56 valence electrons. The van der Waals surface area contributed by atoms with E-state index in [1.54, 1.807) is 0 Å². The highest BCUT2D eigenvalue weighted by Gasteiger charge is 2.14. The number of hydrogen-bond acceptors (Lipinski definition) is 1. The van der Waals surface area contributed by atoms with Crippen molar-refractivity contribution in [3.8, 4) is 0 Å². The van der Waals surface area contributed by atoms with E-state index in [1.165, 1.54) is 19.5 Å². The Balaban J connectivity index is 0.000000291. The van der Waals surface area contributed by atoms with Crippen molar-refractivity contribution in [1.29, 1.82) is 0 Å². The van der Waals surface area contributed by atoms with Crippen molar-refractivity contribution in [2.45, 2.75) is 27.2 Å². The molecule has 0 aliphatic carbocycles. The average Bonchev–Trinajstić information content (AvgIpc) is 2.20. The highest BCUT2D eigenvalue weighted by atomic mass is 127. The second kappa shape index (κ2) is 5.47. The van der Waals surface area contributed by atoms with E-state index in [1.807, 2.05) is 13.8 Å². The minimum Gasteiger partial charge on any atom is -0.247 e. The molecular formula is C7H16IN. The van der Waals surface area contributed by atoms with Gasteiger partial charge < -0.3 is 0 Å². The molecule has 1 saturated heterocycles. The van der Waals surface area contributed by atoms with Crippen LogP contribution in [0.15, 0.2) is 0 Å². The molecule has 0 bridgehead atoms. The molecule has 0 aromatic rings. The van der Waals surface area contributed by atoms with E-state index < -0.39 is 0 Å². The van der Waals surface area contributed by atoms with Gasteiger partial charge in [-0.05, 0) is 12.3 Å². The standard InChI is InChI=1S/C5H10IN.C2H6/c1-5-2-3-7(6)4-5;1-2/h5H,2-4H2,1H3;1-2H3. The first-order valence-electron chi connectivity index (χ1n) is 3.70. The number of hydrogen-bond donors (Lipinski definition) is 0. The van der Waals surface area contributed by atoms with Crippen LogP contribution in [0.5, 0.6) is 0 Å². The van der Waals surface area contributed by atoms with Gasteiger partial charge in [0.15, 0.2) is 0 Å². The van der Waals surface area contributed by atoms with E-state index in [-0.39, 0.29) is 0 Å². The third-order valence-electron chi connectivity index (χ3n) is 1.37. The lowest BCUT2D eigenvalue weighted by Gasteiger charge is -2.00. The molecule has 0 N–H and O–H groups in total. The fourth-order valence-corrected chi connectivity index (χ4v) is 1.83. The minimum absolute atomic E-state index is 0.942. The number of nitrogens with zero attached hydrogens (tertiary/aromatic N) is 1. The Morgan fingerprint density at radius 3 is 2.11 bits per heavy atom. The summed E-state index contributed by atoms with van der Waals surface area (Å²) in [5.74, 6) is 0.942. The van der Waals surface area contributed by atoms with Crippen LogP contribution in [-0.4, -0.2) is 16.2 Å². The maximum Gasteiger partial charge on any atom is 0.0201 e. The van der Waals surface area contributed by atoms with E-state index in [0.717, 1.165) is 5.92 Å². The molecule has 0 aromatic heterocycles. The topological polar surface area (TPSA) is 3.24 Å². The summed E-state index contributed by atoms with van der Waals surface area (Å²) in [5.41, 5.74) is 0. The minimum atomic E-state index is 0.942. The Bertz CT molecular complexity index is 57.9. The summed E-state index contributed by atoms with van der Waals surface area (Å²) in [5, 5.41) is 0. The summed E-state index contributed by atoms with van der Waals surface area (Å²) in [4.78, 5) is 0. The molecule has 1 rings (SSSR count). The Morgan fingerprint density at radius 1 is 1.44 bits per heavy atom. The van der Waals surface area contributed by atoms with Crippen LogP contribution in [0, 0.1) is 5.92 Å². The molecule has 1 unspecified atom stereocenters. The van der Waals surface area contributed by atoms with Gasteiger partial charge in [0.05, 0.1) is 0 Å². The highest BCUT2D eigenvalue weighted by molar-refractivity contribution is 14.1. The van der Waals surface area contributed by atoms with Gasteiger partial charge in [-0.15, -0.1) is 0 Å². The zero-order valence-electron chi connectivity index (χ0n) is 6.52. The maximum atomic E-state index is 2.38. The van der Waals surface area contributed by atoms with Gasteiger partial charge in [0.25, 0.3) is 0 Å². The predicted molar refractivity (Wildman–Crippen MR) is 50.7 cm³/mol. The van der Waals surface area contributed by atoms with Crippen LogP contribution in [0.2, 0.25) is 0 Å². The Morgan fingerprint density at radius 2 is 2.00 bits per heavy atom. The molecule has 1 fully saturated rings. The Hall–Kier alpha value is 0.690. The molecule has 9 heavy (non-hydrogen) atoms. The Labute approximate surface area is 72.3 Å². The van der Waals surface area contributed by atoms with Gasteiger partial charge >= 0.3 is 0 Å². The number of rotatable bonds is 0. The molecule has 0 aromatic carbocycles. The summed E-state index contributed by atoms with van der Waals surface area (Å²) in [6.07, 6.45) is 1.39. The molecule has 1 nitrogen and oxygen atoms in total. The largest absolute Gasteiger partial charge is 0.247 e. The second-order valence-corrected chi connectivity index (χ2v) is 3.63. The second-order valence-electron chi connectivity index (χ2n) is 2.26. The SMILES string of the molecule is CC.CC1CCN(I)C1. The summed E-state index contributed by atoms with van der Waals surface area (Å²) in [6.45, 7) is 8.89. The predicted octanol–water partition coefficient (Wildman–Crippen LogP) is 2.70.